The van der Waals surface area contributed by atoms with Gasteiger partial charge >= 0.3 is 5.97 Å². The number of carbonyl (C=O) groups excluding carboxylic acids is 1. The normalized spacial score (nSPS) is 17.0. The van der Waals surface area contributed by atoms with E-state index in [0.717, 1.165) is 11.5 Å². The summed E-state index contributed by atoms with van der Waals surface area (Å²) in [6.07, 6.45) is -0.644. The number of hydrogen-bond donors (Lipinski definition) is 0. The molecule has 0 saturated carbocycles. The van der Waals surface area contributed by atoms with Crippen molar-refractivity contribution in [2.24, 2.45) is 5.16 Å². The van der Waals surface area contributed by atoms with Crippen molar-refractivity contribution in [1.82, 2.24) is 9.59 Å². The van der Waals surface area contributed by atoms with Crippen LogP contribution in [0.2, 0.25) is 4.34 Å². The fourth-order valence-corrected chi connectivity index (χ4v) is 2.46. The van der Waals surface area contributed by atoms with Crippen LogP contribution in [0.5, 0.6) is 0 Å². The van der Waals surface area contributed by atoms with E-state index in [1.165, 1.54) is 12.1 Å². The van der Waals surface area contributed by atoms with Gasteiger partial charge in [-0.2, -0.15) is 0 Å². The fraction of sp³-hybridized carbons (Fsp3) is 0.231. The van der Waals surface area contributed by atoms with Crippen molar-refractivity contribution in [2.45, 2.75) is 19.1 Å². The molecule has 2 heterocycles. The molecule has 1 aromatic heterocycles. The second-order valence-corrected chi connectivity index (χ2v) is 5.80. The third-order valence-corrected chi connectivity index (χ3v) is 3.93. The summed E-state index contributed by atoms with van der Waals surface area (Å²) in [6, 6.07) is 5.92. The van der Waals surface area contributed by atoms with Gasteiger partial charge in [-0.15, -0.1) is 5.10 Å². The van der Waals surface area contributed by atoms with Gasteiger partial charge in [0.2, 0.25) is 6.10 Å². The van der Waals surface area contributed by atoms with Crippen molar-refractivity contribution >= 4 is 34.8 Å². The molecule has 0 fully saturated rings. The molecule has 22 heavy (non-hydrogen) atoms. The Bertz CT molecular complexity index is 737. The molecule has 1 unspecified atom stereocenters. The number of nitrogens with zero attached hydrogens (tertiary/aromatic N) is 3. The molecular formula is C13H9ClFN3O3S. The van der Waals surface area contributed by atoms with Crippen molar-refractivity contribution in [3.63, 3.8) is 0 Å². The van der Waals surface area contributed by atoms with Crippen LogP contribution >= 0.6 is 23.1 Å². The molecule has 0 bridgehead atoms. The van der Waals surface area contributed by atoms with Crippen molar-refractivity contribution in [1.29, 1.82) is 0 Å². The summed E-state index contributed by atoms with van der Waals surface area (Å²) in [7, 11) is 0. The minimum absolute atomic E-state index is 0.0800. The summed E-state index contributed by atoms with van der Waals surface area (Å²) in [5.74, 6) is -0.962. The Morgan fingerprint density at radius 3 is 3.14 bits per heavy atom. The molecule has 1 aromatic carbocycles. The van der Waals surface area contributed by atoms with Gasteiger partial charge in [0, 0.05) is 23.5 Å². The molecule has 3 rings (SSSR count). The van der Waals surface area contributed by atoms with E-state index < -0.39 is 12.1 Å². The number of rotatable bonds is 4. The Morgan fingerprint density at radius 1 is 1.55 bits per heavy atom. The molecule has 0 spiro atoms. The van der Waals surface area contributed by atoms with Gasteiger partial charge in [0.05, 0.1) is 5.71 Å². The lowest BCUT2D eigenvalue weighted by Crippen LogP contribution is -2.23. The Morgan fingerprint density at radius 2 is 2.41 bits per heavy atom. The van der Waals surface area contributed by atoms with E-state index in [0.29, 0.717) is 21.3 Å². The molecular weight excluding hydrogens is 333 g/mol. The van der Waals surface area contributed by atoms with Crippen LogP contribution in [0, 0.1) is 5.82 Å². The first-order valence-electron chi connectivity index (χ1n) is 6.25. The molecule has 1 atom stereocenters. The van der Waals surface area contributed by atoms with E-state index in [2.05, 4.69) is 14.7 Å². The van der Waals surface area contributed by atoms with E-state index in [-0.39, 0.29) is 18.8 Å². The second kappa shape index (κ2) is 6.37. The van der Waals surface area contributed by atoms with Gasteiger partial charge in [0.1, 0.15) is 22.5 Å². The van der Waals surface area contributed by atoms with E-state index in [1.54, 1.807) is 12.1 Å². The molecule has 0 aliphatic carbocycles. The highest BCUT2D eigenvalue weighted by Gasteiger charge is 2.30. The van der Waals surface area contributed by atoms with Gasteiger partial charge < -0.3 is 9.57 Å². The SMILES string of the molecule is O=C(OCc1nnsc1Cl)C1CC(c2cccc(F)c2)=NO1. The summed E-state index contributed by atoms with van der Waals surface area (Å²) >= 11 is 6.82. The molecule has 0 radical (unpaired) electrons. The first-order chi connectivity index (χ1) is 10.6. The lowest BCUT2D eigenvalue weighted by molar-refractivity contribution is -0.156. The van der Waals surface area contributed by atoms with Crippen LogP contribution in [-0.2, 0) is 21.0 Å². The average molecular weight is 342 g/mol. The monoisotopic (exact) mass is 341 g/mol. The zero-order valence-electron chi connectivity index (χ0n) is 11.0. The Balaban J connectivity index is 1.57. The van der Waals surface area contributed by atoms with Crippen molar-refractivity contribution < 1.29 is 18.8 Å². The zero-order chi connectivity index (χ0) is 15.5. The van der Waals surface area contributed by atoms with Crippen LogP contribution in [0.15, 0.2) is 29.4 Å². The van der Waals surface area contributed by atoms with Gasteiger partial charge in [-0.1, -0.05) is 33.4 Å². The summed E-state index contributed by atoms with van der Waals surface area (Å²) in [4.78, 5) is 17.0. The third-order valence-electron chi connectivity index (χ3n) is 2.95. The maximum Gasteiger partial charge on any atom is 0.351 e. The lowest BCUT2D eigenvalue weighted by atomic mass is 10.1. The number of aromatic nitrogens is 2. The topological polar surface area (TPSA) is 73.7 Å². The number of oxime groups is 1. The summed E-state index contributed by atoms with van der Waals surface area (Å²) < 4.78 is 22.3. The maximum atomic E-state index is 13.2. The van der Waals surface area contributed by atoms with Gasteiger partial charge in [-0.05, 0) is 12.1 Å². The minimum atomic E-state index is -0.858. The molecule has 6 nitrogen and oxygen atoms in total. The number of ether oxygens (including phenoxy) is 1. The van der Waals surface area contributed by atoms with Crippen LogP contribution in [0.3, 0.4) is 0 Å². The zero-order valence-corrected chi connectivity index (χ0v) is 12.6. The highest BCUT2D eigenvalue weighted by molar-refractivity contribution is 7.10. The predicted octanol–water partition coefficient (Wildman–Crippen LogP) is 2.57. The highest BCUT2D eigenvalue weighted by Crippen LogP contribution is 2.21. The van der Waals surface area contributed by atoms with E-state index >= 15 is 0 Å². The van der Waals surface area contributed by atoms with E-state index in [4.69, 9.17) is 21.2 Å². The van der Waals surface area contributed by atoms with Crippen molar-refractivity contribution in [2.75, 3.05) is 0 Å². The van der Waals surface area contributed by atoms with Crippen LogP contribution in [0.25, 0.3) is 0 Å². The number of benzene rings is 1. The Labute approximate surface area is 133 Å². The molecule has 2 aromatic rings. The predicted molar refractivity (Wildman–Crippen MR) is 77.1 cm³/mol. The van der Waals surface area contributed by atoms with Gasteiger partial charge in [-0.25, -0.2) is 9.18 Å². The largest absolute Gasteiger partial charge is 0.456 e. The molecule has 0 N–H and O–H groups in total. The molecule has 0 amide bonds. The van der Waals surface area contributed by atoms with Gasteiger partial charge in [0.25, 0.3) is 0 Å². The Kier molecular flexibility index (Phi) is 4.30. The van der Waals surface area contributed by atoms with Gasteiger partial charge in [0.15, 0.2) is 0 Å². The number of hydrogen-bond acceptors (Lipinski definition) is 7. The van der Waals surface area contributed by atoms with Crippen LogP contribution in [0.1, 0.15) is 17.7 Å². The molecule has 114 valence electrons. The summed E-state index contributed by atoms with van der Waals surface area (Å²) in [5.41, 5.74) is 1.46. The van der Waals surface area contributed by atoms with E-state index in [1.807, 2.05) is 0 Å². The Hall–Kier alpha value is -2.06. The maximum absolute atomic E-state index is 13.2. The van der Waals surface area contributed by atoms with Gasteiger partial charge in [-0.3, -0.25) is 0 Å². The number of carbonyl (C=O) groups is 1. The van der Waals surface area contributed by atoms with Crippen LogP contribution in [0.4, 0.5) is 4.39 Å². The van der Waals surface area contributed by atoms with Crippen LogP contribution < -0.4 is 0 Å². The average Bonchev–Trinajstić information content (AvgIpc) is 3.14. The van der Waals surface area contributed by atoms with Crippen LogP contribution in [-0.4, -0.2) is 27.4 Å². The lowest BCUT2D eigenvalue weighted by Gasteiger charge is -2.07. The van der Waals surface area contributed by atoms with Crippen molar-refractivity contribution in [3.05, 3.63) is 45.7 Å². The smallest absolute Gasteiger partial charge is 0.351 e. The fourth-order valence-electron chi connectivity index (χ4n) is 1.86. The number of halogens is 2. The van der Waals surface area contributed by atoms with Crippen molar-refractivity contribution in [3.8, 4) is 0 Å². The molecule has 0 saturated heterocycles. The highest BCUT2D eigenvalue weighted by atomic mass is 35.5. The first-order valence-corrected chi connectivity index (χ1v) is 7.40. The number of esters is 1. The summed E-state index contributed by atoms with van der Waals surface area (Å²) in [6.45, 7) is -0.0800. The van der Waals surface area contributed by atoms with E-state index in [9.17, 15) is 9.18 Å². The summed E-state index contributed by atoms with van der Waals surface area (Å²) in [5, 5.41) is 7.54. The molecule has 9 heteroatoms. The molecule has 1 aliphatic rings. The first kappa shape index (κ1) is 14.9. The third kappa shape index (κ3) is 3.23. The molecule has 1 aliphatic heterocycles. The minimum Gasteiger partial charge on any atom is -0.456 e. The second-order valence-electron chi connectivity index (χ2n) is 4.45. The standard InChI is InChI=1S/C13H9ClFN3O3S/c14-12-10(16-18-22-12)6-20-13(19)11-5-9(17-21-11)7-2-1-3-8(15)4-7/h1-4,11H,5-6H2. The quantitative estimate of drug-likeness (QED) is 0.799.